The summed E-state index contributed by atoms with van der Waals surface area (Å²) in [4.78, 5) is 22.5. The Kier molecular flexibility index (Phi) is 9.33. The average molecular weight is 257 g/mol. The van der Waals surface area contributed by atoms with Gasteiger partial charge < -0.3 is 10.4 Å². The standard InChI is InChI=1S/C14H27NO3/c1-4-5-6-7-8-9-13(16)15-10-12(11(2)3)14(17)18/h11-12H,4-10H2,1-3H3,(H,15,16)(H,17,18). The third kappa shape index (κ3) is 8.09. The number of carbonyl (C=O) groups is 2. The van der Waals surface area contributed by atoms with E-state index in [1.54, 1.807) is 0 Å². The zero-order chi connectivity index (χ0) is 14.0. The van der Waals surface area contributed by atoms with E-state index in [0.717, 1.165) is 12.8 Å². The third-order valence-electron chi connectivity index (χ3n) is 3.15. The fourth-order valence-electron chi connectivity index (χ4n) is 1.81. The lowest BCUT2D eigenvalue weighted by atomic mass is 9.96. The van der Waals surface area contributed by atoms with Gasteiger partial charge in [-0.15, -0.1) is 0 Å². The van der Waals surface area contributed by atoms with Gasteiger partial charge >= 0.3 is 5.97 Å². The van der Waals surface area contributed by atoms with Crippen LogP contribution in [-0.2, 0) is 9.59 Å². The number of hydrogen-bond acceptors (Lipinski definition) is 2. The molecule has 0 aromatic carbocycles. The number of carbonyl (C=O) groups excluding carboxylic acids is 1. The van der Waals surface area contributed by atoms with E-state index in [2.05, 4.69) is 12.2 Å². The molecule has 0 saturated carbocycles. The minimum atomic E-state index is -0.840. The maximum atomic E-state index is 11.5. The Balaban J connectivity index is 3.71. The molecule has 0 aliphatic heterocycles. The zero-order valence-corrected chi connectivity index (χ0v) is 11.9. The number of nitrogens with one attached hydrogen (secondary N) is 1. The molecule has 2 N–H and O–H groups in total. The molecule has 18 heavy (non-hydrogen) atoms. The Morgan fingerprint density at radius 1 is 1.11 bits per heavy atom. The number of rotatable bonds is 10. The van der Waals surface area contributed by atoms with Crippen molar-refractivity contribution in [2.24, 2.45) is 11.8 Å². The molecular formula is C14H27NO3. The summed E-state index contributed by atoms with van der Waals surface area (Å²) in [5, 5.41) is 11.7. The first-order valence-electron chi connectivity index (χ1n) is 6.98. The van der Waals surface area contributed by atoms with E-state index in [1.165, 1.54) is 19.3 Å². The Bertz CT molecular complexity index is 251. The van der Waals surface area contributed by atoms with Crippen molar-refractivity contribution in [3.8, 4) is 0 Å². The van der Waals surface area contributed by atoms with Crippen LogP contribution < -0.4 is 5.32 Å². The highest BCUT2D eigenvalue weighted by molar-refractivity contribution is 5.77. The predicted octanol–water partition coefficient (Wildman–Crippen LogP) is 2.82. The fraction of sp³-hybridized carbons (Fsp3) is 0.857. The number of amides is 1. The van der Waals surface area contributed by atoms with E-state index in [0.29, 0.717) is 6.42 Å². The van der Waals surface area contributed by atoms with Gasteiger partial charge in [-0.1, -0.05) is 46.5 Å². The van der Waals surface area contributed by atoms with Crippen molar-refractivity contribution in [1.29, 1.82) is 0 Å². The maximum absolute atomic E-state index is 11.5. The van der Waals surface area contributed by atoms with E-state index in [4.69, 9.17) is 5.11 Å². The van der Waals surface area contributed by atoms with Gasteiger partial charge in [0.25, 0.3) is 0 Å². The van der Waals surface area contributed by atoms with Gasteiger partial charge in [-0.05, 0) is 12.3 Å². The molecule has 106 valence electrons. The average Bonchev–Trinajstić information content (AvgIpc) is 2.28. The first-order chi connectivity index (χ1) is 8.49. The summed E-state index contributed by atoms with van der Waals surface area (Å²) < 4.78 is 0. The summed E-state index contributed by atoms with van der Waals surface area (Å²) in [7, 11) is 0. The number of aliphatic carboxylic acids is 1. The maximum Gasteiger partial charge on any atom is 0.308 e. The van der Waals surface area contributed by atoms with Crippen LogP contribution in [0.15, 0.2) is 0 Å². The van der Waals surface area contributed by atoms with Crippen LogP contribution in [0.1, 0.15) is 59.3 Å². The first kappa shape index (κ1) is 16.9. The third-order valence-corrected chi connectivity index (χ3v) is 3.15. The lowest BCUT2D eigenvalue weighted by Gasteiger charge is -2.16. The van der Waals surface area contributed by atoms with Crippen molar-refractivity contribution in [2.45, 2.75) is 59.3 Å². The van der Waals surface area contributed by atoms with Gasteiger partial charge in [0.05, 0.1) is 5.92 Å². The second-order valence-electron chi connectivity index (χ2n) is 5.16. The van der Waals surface area contributed by atoms with Crippen molar-refractivity contribution in [3.63, 3.8) is 0 Å². The van der Waals surface area contributed by atoms with Crippen molar-refractivity contribution in [3.05, 3.63) is 0 Å². The monoisotopic (exact) mass is 257 g/mol. The SMILES string of the molecule is CCCCCCCC(=O)NCC(C(=O)O)C(C)C. The molecule has 1 atom stereocenters. The molecule has 0 rings (SSSR count). The molecular weight excluding hydrogens is 230 g/mol. The molecule has 0 spiro atoms. The van der Waals surface area contributed by atoms with Gasteiger partial charge in [-0.25, -0.2) is 0 Å². The van der Waals surface area contributed by atoms with Crippen LogP contribution in [0.2, 0.25) is 0 Å². The molecule has 0 aliphatic rings. The first-order valence-corrected chi connectivity index (χ1v) is 6.98. The lowest BCUT2D eigenvalue weighted by molar-refractivity contribution is -0.143. The van der Waals surface area contributed by atoms with Crippen LogP contribution in [0.25, 0.3) is 0 Å². The highest BCUT2D eigenvalue weighted by atomic mass is 16.4. The second kappa shape index (κ2) is 9.92. The Morgan fingerprint density at radius 2 is 1.72 bits per heavy atom. The molecule has 0 heterocycles. The largest absolute Gasteiger partial charge is 0.481 e. The van der Waals surface area contributed by atoms with E-state index < -0.39 is 11.9 Å². The molecule has 0 aromatic heterocycles. The summed E-state index contributed by atoms with van der Waals surface area (Å²) in [6.45, 7) is 6.11. The predicted molar refractivity (Wildman–Crippen MR) is 72.3 cm³/mol. The number of unbranched alkanes of at least 4 members (excludes halogenated alkanes) is 4. The minimum Gasteiger partial charge on any atom is -0.481 e. The van der Waals surface area contributed by atoms with Gasteiger partial charge in [0.1, 0.15) is 0 Å². The number of hydrogen-bond donors (Lipinski definition) is 2. The highest BCUT2D eigenvalue weighted by Gasteiger charge is 2.21. The summed E-state index contributed by atoms with van der Waals surface area (Å²) >= 11 is 0. The van der Waals surface area contributed by atoms with E-state index in [1.807, 2.05) is 13.8 Å². The van der Waals surface area contributed by atoms with Crippen LogP contribution in [0.4, 0.5) is 0 Å². The smallest absolute Gasteiger partial charge is 0.308 e. The van der Waals surface area contributed by atoms with Crippen molar-refractivity contribution < 1.29 is 14.7 Å². The molecule has 1 unspecified atom stereocenters. The molecule has 0 bridgehead atoms. The molecule has 1 amide bonds. The normalized spacial score (nSPS) is 12.4. The van der Waals surface area contributed by atoms with Crippen LogP contribution in [0.5, 0.6) is 0 Å². The van der Waals surface area contributed by atoms with E-state index in [-0.39, 0.29) is 18.4 Å². The number of carboxylic acids is 1. The Morgan fingerprint density at radius 3 is 2.22 bits per heavy atom. The highest BCUT2D eigenvalue weighted by Crippen LogP contribution is 2.10. The summed E-state index contributed by atoms with van der Waals surface area (Å²) in [6.07, 6.45) is 6.07. The van der Waals surface area contributed by atoms with Crippen molar-refractivity contribution in [1.82, 2.24) is 5.32 Å². The van der Waals surface area contributed by atoms with E-state index >= 15 is 0 Å². The number of carboxylic acid groups (broad SMARTS) is 1. The van der Waals surface area contributed by atoms with Gasteiger partial charge in [-0.3, -0.25) is 9.59 Å². The molecule has 0 aromatic rings. The Hall–Kier alpha value is -1.06. The van der Waals surface area contributed by atoms with Gasteiger partial charge in [0.15, 0.2) is 0 Å². The Labute approximate surface area is 110 Å². The quantitative estimate of drug-likeness (QED) is 0.591. The van der Waals surface area contributed by atoms with Crippen molar-refractivity contribution in [2.75, 3.05) is 6.54 Å². The fourth-order valence-corrected chi connectivity index (χ4v) is 1.81. The van der Waals surface area contributed by atoms with Gasteiger partial charge in [0, 0.05) is 13.0 Å². The van der Waals surface area contributed by atoms with Crippen LogP contribution in [0, 0.1) is 11.8 Å². The molecule has 0 aliphatic carbocycles. The van der Waals surface area contributed by atoms with Crippen LogP contribution in [-0.4, -0.2) is 23.5 Å². The summed E-state index contributed by atoms with van der Waals surface area (Å²) in [5.41, 5.74) is 0. The molecule has 0 saturated heterocycles. The zero-order valence-electron chi connectivity index (χ0n) is 11.9. The van der Waals surface area contributed by atoms with Gasteiger partial charge in [0.2, 0.25) is 5.91 Å². The topological polar surface area (TPSA) is 66.4 Å². The molecule has 4 heteroatoms. The summed E-state index contributed by atoms with van der Waals surface area (Å²) in [6, 6.07) is 0. The van der Waals surface area contributed by atoms with Gasteiger partial charge in [-0.2, -0.15) is 0 Å². The second-order valence-corrected chi connectivity index (χ2v) is 5.16. The van der Waals surface area contributed by atoms with Crippen LogP contribution >= 0.6 is 0 Å². The van der Waals surface area contributed by atoms with Crippen molar-refractivity contribution >= 4 is 11.9 Å². The van der Waals surface area contributed by atoms with Crippen LogP contribution in [0.3, 0.4) is 0 Å². The molecule has 0 fully saturated rings. The minimum absolute atomic E-state index is 0.0293. The molecule has 4 nitrogen and oxygen atoms in total. The van der Waals surface area contributed by atoms with E-state index in [9.17, 15) is 9.59 Å². The lowest BCUT2D eigenvalue weighted by Crippen LogP contribution is -2.35. The summed E-state index contributed by atoms with van der Waals surface area (Å²) in [5.74, 6) is -1.33. The molecule has 0 radical (unpaired) electrons.